The van der Waals surface area contributed by atoms with Crippen molar-refractivity contribution in [3.8, 4) is 0 Å². The second-order valence-electron chi connectivity index (χ2n) is 4.08. The molecule has 2 rings (SSSR count). The molecule has 0 aromatic carbocycles. The topological polar surface area (TPSA) is 53.5 Å². The van der Waals surface area contributed by atoms with E-state index in [4.69, 9.17) is 0 Å². The lowest BCUT2D eigenvalue weighted by atomic mass is 10.3. The highest BCUT2D eigenvalue weighted by Crippen LogP contribution is 2.22. The first-order chi connectivity index (χ1) is 8.15. The van der Waals surface area contributed by atoms with E-state index >= 15 is 0 Å². The number of hydrogen-bond donors (Lipinski definition) is 0. The molecule has 90 valence electrons. The number of aryl methyl sites for hydroxylation is 1. The fourth-order valence-electron chi connectivity index (χ4n) is 1.91. The van der Waals surface area contributed by atoms with E-state index in [1.807, 2.05) is 19.9 Å². The average Bonchev–Trinajstić information content (AvgIpc) is 2.57. The minimum absolute atomic E-state index is 0.155. The molecule has 0 radical (unpaired) electrons. The standard InChI is InChI=1S/C12H15N3O2/c1-3-7-14-8-10(16)15(12(14)17)11-9(2)5-4-6-13-11/h4-6H,3,7-8H2,1-2H3. The molecule has 1 aromatic rings. The Morgan fingerprint density at radius 2 is 2.18 bits per heavy atom. The summed E-state index contributed by atoms with van der Waals surface area (Å²) < 4.78 is 0. The predicted octanol–water partition coefficient (Wildman–Crippen LogP) is 1.57. The minimum atomic E-state index is -0.265. The molecule has 1 fully saturated rings. The van der Waals surface area contributed by atoms with Crippen molar-refractivity contribution < 1.29 is 9.59 Å². The van der Waals surface area contributed by atoms with Gasteiger partial charge in [-0.05, 0) is 25.0 Å². The number of amides is 3. The third kappa shape index (κ3) is 2.00. The smallest absolute Gasteiger partial charge is 0.315 e. The number of anilines is 1. The number of rotatable bonds is 3. The number of aromatic nitrogens is 1. The maximum atomic E-state index is 12.0. The monoisotopic (exact) mass is 233 g/mol. The van der Waals surface area contributed by atoms with Crippen molar-refractivity contribution in [3.05, 3.63) is 23.9 Å². The lowest BCUT2D eigenvalue weighted by molar-refractivity contribution is -0.116. The molecule has 1 saturated heterocycles. The summed E-state index contributed by atoms with van der Waals surface area (Å²) in [6, 6.07) is 3.36. The summed E-state index contributed by atoms with van der Waals surface area (Å²) >= 11 is 0. The van der Waals surface area contributed by atoms with Crippen LogP contribution in [0.25, 0.3) is 0 Å². The average molecular weight is 233 g/mol. The number of carbonyl (C=O) groups is 2. The van der Waals surface area contributed by atoms with Crippen LogP contribution in [0, 0.1) is 6.92 Å². The zero-order valence-electron chi connectivity index (χ0n) is 10.0. The molecule has 0 unspecified atom stereocenters. The molecular weight excluding hydrogens is 218 g/mol. The largest absolute Gasteiger partial charge is 0.333 e. The molecule has 0 aliphatic carbocycles. The summed E-state index contributed by atoms with van der Waals surface area (Å²) in [5.41, 5.74) is 0.826. The SMILES string of the molecule is CCCN1CC(=O)N(c2ncccc2C)C1=O. The molecule has 1 aromatic heterocycles. The molecule has 1 aliphatic heterocycles. The van der Waals surface area contributed by atoms with Crippen LogP contribution < -0.4 is 4.90 Å². The van der Waals surface area contributed by atoms with Gasteiger partial charge in [-0.1, -0.05) is 13.0 Å². The maximum absolute atomic E-state index is 12.0. The highest BCUT2D eigenvalue weighted by molar-refractivity contribution is 6.19. The third-order valence-electron chi connectivity index (χ3n) is 2.72. The van der Waals surface area contributed by atoms with E-state index in [-0.39, 0.29) is 18.5 Å². The van der Waals surface area contributed by atoms with Gasteiger partial charge < -0.3 is 4.90 Å². The van der Waals surface area contributed by atoms with Gasteiger partial charge in [0, 0.05) is 12.7 Å². The van der Waals surface area contributed by atoms with Crippen LogP contribution in [0.15, 0.2) is 18.3 Å². The highest BCUT2D eigenvalue weighted by atomic mass is 16.2. The van der Waals surface area contributed by atoms with E-state index in [1.165, 1.54) is 4.90 Å². The van der Waals surface area contributed by atoms with Crippen molar-refractivity contribution in [1.82, 2.24) is 9.88 Å². The molecule has 5 heteroatoms. The molecular formula is C12H15N3O2. The first-order valence-electron chi connectivity index (χ1n) is 5.68. The predicted molar refractivity (Wildman–Crippen MR) is 63.7 cm³/mol. The van der Waals surface area contributed by atoms with E-state index in [9.17, 15) is 9.59 Å². The van der Waals surface area contributed by atoms with Gasteiger partial charge in [-0.2, -0.15) is 0 Å². The second-order valence-corrected chi connectivity index (χ2v) is 4.08. The number of imide groups is 1. The quantitative estimate of drug-likeness (QED) is 0.744. The molecule has 0 atom stereocenters. The zero-order valence-corrected chi connectivity index (χ0v) is 10.0. The van der Waals surface area contributed by atoms with Crippen LogP contribution in [0.5, 0.6) is 0 Å². The normalized spacial score (nSPS) is 15.9. The van der Waals surface area contributed by atoms with E-state index in [2.05, 4.69) is 4.98 Å². The Kier molecular flexibility index (Phi) is 3.08. The highest BCUT2D eigenvalue weighted by Gasteiger charge is 2.37. The third-order valence-corrected chi connectivity index (χ3v) is 2.72. The molecule has 0 bridgehead atoms. The van der Waals surface area contributed by atoms with Crippen LogP contribution in [-0.2, 0) is 4.79 Å². The van der Waals surface area contributed by atoms with Crippen LogP contribution in [0.3, 0.4) is 0 Å². The number of urea groups is 1. The molecule has 3 amide bonds. The molecule has 17 heavy (non-hydrogen) atoms. The number of hydrogen-bond acceptors (Lipinski definition) is 3. The van der Waals surface area contributed by atoms with Gasteiger partial charge in [0.15, 0.2) is 0 Å². The van der Waals surface area contributed by atoms with E-state index in [1.54, 1.807) is 17.2 Å². The van der Waals surface area contributed by atoms with Gasteiger partial charge in [0.25, 0.3) is 5.91 Å². The summed E-state index contributed by atoms with van der Waals surface area (Å²) in [6.45, 7) is 4.58. The first kappa shape index (κ1) is 11.6. The lowest BCUT2D eigenvalue weighted by Gasteiger charge is -2.16. The summed E-state index contributed by atoms with van der Waals surface area (Å²) in [5, 5.41) is 0. The summed E-state index contributed by atoms with van der Waals surface area (Å²) in [6.07, 6.45) is 2.43. The van der Waals surface area contributed by atoms with Crippen LogP contribution in [-0.4, -0.2) is 34.9 Å². The molecule has 5 nitrogen and oxygen atoms in total. The Balaban J connectivity index is 2.31. The minimum Gasteiger partial charge on any atom is -0.315 e. The van der Waals surface area contributed by atoms with E-state index in [0.717, 1.165) is 12.0 Å². The Morgan fingerprint density at radius 3 is 2.82 bits per heavy atom. The fourth-order valence-corrected chi connectivity index (χ4v) is 1.91. The Hall–Kier alpha value is -1.91. The number of pyridine rings is 1. The van der Waals surface area contributed by atoms with Crippen molar-refractivity contribution in [1.29, 1.82) is 0 Å². The van der Waals surface area contributed by atoms with Gasteiger partial charge in [-0.15, -0.1) is 0 Å². The van der Waals surface area contributed by atoms with Crippen LogP contribution in [0.2, 0.25) is 0 Å². The Morgan fingerprint density at radius 1 is 1.41 bits per heavy atom. The molecule has 0 saturated carbocycles. The van der Waals surface area contributed by atoms with Gasteiger partial charge in [0.05, 0.1) is 0 Å². The van der Waals surface area contributed by atoms with Crippen LogP contribution in [0.1, 0.15) is 18.9 Å². The first-order valence-corrected chi connectivity index (χ1v) is 5.68. The number of nitrogens with zero attached hydrogens (tertiary/aromatic N) is 3. The molecule has 0 N–H and O–H groups in total. The van der Waals surface area contributed by atoms with Gasteiger partial charge in [0.1, 0.15) is 12.4 Å². The van der Waals surface area contributed by atoms with Gasteiger partial charge >= 0.3 is 6.03 Å². The van der Waals surface area contributed by atoms with Crippen molar-refractivity contribution >= 4 is 17.8 Å². The van der Waals surface area contributed by atoms with Crippen molar-refractivity contribution in [2.24, 2.45) is 0 Å². The number of carbonyl (C=O) groups excluding carboxylic acids is 2. The van der Waals surface area contributed by atoms with E-state index < -0.39 is 0 Å². The summed E-state index contributed by atoms with van der Waals surface area (Å²) in [7, 11) is 0. The Bertz CT molecular complexity index is 459. The van der Waals surface area contributed by atoms with Crippen molar-refractivity contribution in [2.45, 2.75) is 20.3 Å². The summed E-state index contributed by atoms with van der Waals surface area (Å²) in [5.74, 6) is 0.242. The van der Waals surface area contributed by atoms with Crippen molar-refractivity contribution in [3.63, 3.8) is 0 Å². The van der Waals surface area contributed by atoms with Gasteiger partial charge in [-0.3, -0.25) is 4.79 Å². The maximum Gasteiger partial charge on any atom is 0.333 e. The molecule has 0 spiro atoms. The lowest BCUT2D eigenvalue weighted by Crippen LogP contribution is -2.34. The second kappa shape index (κ2) is 4.53. The summed E-state index contributed by atoms with van der Waals surface area (Å²) in [4.78, 5) is 30.7. The van der Waals surface area contributed by atoms with Gasteiger partial charge in [-0.25, -0.2) is 14.7 Å². The van der Waals surface area contributed by atoms with Crippen LogP contribution in [0.4, 0.5) is 10.6 Å². The molecule has 2 heterocycles. The van der Waals surface area contributed by atoms with E-state index in [0.29, 0.717) is 12.4 Å². The Labute approximate surface area is 100 Å². The fraction of sp³-hybridized carbons (Fsp3) is 0.417. The van der Waals surface area contributed by atoms with Gasteiger partial charge in [0.2, 0.25) is 0 Å². The van der Waals surface area contributed by atoms with Crippen molar-refractivity contribution in [2.75, 3.05) is 18.0 Å². The zero-order chi connectivity index (χ0) is 12.4. The molecule has 1 aliphatic rings. The van der Waals surface area contributed by atoms with Crippen LogP contribution >= 0.6 is 0 Å².